The summed E-state index contributed by atoms with van der Waals surface area (Å²) in [4.78, 5) is 4.47. The summed E-state index contributed by atoms with van der Waals surface area (Å²) < 4.78 is 2.01. The van der Waals surface area contributed by atoms with Crippen molar-refractivity contribution in [2.24, 2.45) is 0 Å². The summed E-state index contributed by atoms with van der Waals surface area (Å²) in [5, 5.41) is 9.96. The molecule has 2 aromatic rings. The topological polar surface area (TPSA) is 37.5 Å². The van der Waals surface area contributed by atoms with E-state index in [0.717, 1.165) is 11.3 Å². The minimum atomic E-state index is 0.231. The van der Waals surface area contributed by atoms with Crippen LogP contribution in [0.3, 0.4) is 0 Å². The first-order valence-corrected chi connectivity index (χ1v) is 6.50. The van der Waals surface area contributed by atoms with Crippen molar-refractivity contribution in [3.05, 3.63) is 29.3 Å². The molecule has 3 nitrogen and oxygen atoms in total. The van der Waals surface area contributed by atoms with Gasteiger partial charge < -0.3 is 9.51 Å². The van der Waals surface area contributed by atoms with E-state index in [0.29, 0.717) is 11.1 Å². The van der Waals surface area contributed by atoms with Crippen LogP contribution >= 0.6 is 11.6 Å². The zero-order valence-electron chi connectivity index (χ0n) is 9.56. The number of halogens is 1. The Morgan fingerprint density at radius 3 is 2.82 bits per heavy atom. The van der Waals surface area contributed by atoms with Crippen LogP contribution < -0.4 is 0 Å². The number of imidazole rings is 1. The molecule has 2 heterocycles. The molecule has 0 aliphatic heterocycles. The van der Waals surface area contributed by atoms with Gasteiger partial charge in [-0.2, -0.15) is 0 Å². The van der Waals surface area contributed by atoms with Gasteiger partial charge in [-0.3, -0.25) is 0 Å². The van der Waals surface area contributed by atoms with Crippen molar-refractivity contribution in [2.75, 3.05) is 0 Å². The van der Waals surface area contributed by atoms with E-state index < -0.39 is 0 Å². The Hall–Kier alpha value is -1.22. The zero-order valence-corrected chi connectivity index (χ0v) is 10.3. The van der Waals surface area contributed by atoms with Crippen LogP contribution in [0.1, 0.15) is 43.8 Å². The van der Waals surface area contributed by atoms with E-state index in [-0.39, 0.29) is 5.75 Å². The highest BCUT2D eigenvalue weighted by molar-refractivity contribution is 6.32. The summed E-state index contributed by atoms with van der Waals surface area (Å²) in [5.74, 6) is 1.78. The number of rotatable bonds is 1. The van der Waals surface area contributed by atoms with Gasteiger partial charge in [-0.15, -0.1) is 0 Å². The van der Waals surface area contributed by atoms with E-state index in [2.05, 4.69) is 4.98 Å². The smallest absolute Gasteiger partial charge is 0.155 e. The molecule has 0 atom stereocenters. The molecule has 0 unspecified atom stereocenters. The summed E-state index contributed by atoms with van der Waals surface area (Å²) >= 11 is 6.13. The van der Waals surface area contributed by atoms with Crippen LogP contribution in [0.15, 0.2) is 18.3 Å². The number of hydrogen-bond acceptors (Lipinski definition) is 2. The third-order valence-electron chi connectivity index (χ3n) is 3.58. The SMILES string of the molecule is Oc1ccn2c(C3CCCCC3)nc(Cl)c2c1. The molecule has 1 aliphatic rings. The lowest BCUT2D eigenvalue weighted by molar-refractivity contribution is 0.427. The van der Waals surface area contributed by atoms with Crippen molar-refractivity contribution >= 4 is 17.1 Å². The third-order valence-corrected chi connectivity index (χ3v) is 3.86. The largest absolute Gasteiger partial charge is 0.508 e. The van der Waals surface area contributed by atoms with Gasteiger partial charge in [-0.05, 0) is 18.9 Å². The van der Waals surface area contributed by atoms with Gasteiger partial charge in [0, 0.05) is 18.2 Å². The molecule has 4 heteroatoms. The average molecular weight is 251 g/mol. The van der Waals surface area contributed by atoms with Gasteiger partial charge in [-0.25, -0.2) is 4.98 Å². The molecule has 90 valence electrons. The molecule has 1 N–H and O–H groups in total. The van der Waals surface area contributed by atoms with Gasteiger partial charge >= 0.3 is 0 Å². The van der Waals surface area contributed by atoms with Crippen LogP contribution in [-0.4, -0.2) is 14.5 Å². The molecule has 2 aromatic heterocycles. The first-order chi connectivity index (χ1) is 8.25. The van der Waals surface area contributed by atoms with E-state index >= 15 is 0 Å². The Kier molecular flexibility index (Phi) is 2.71. The second-order valence-electron chi connectivity index (χ2n) is 4.74. The van der Waals surface area contributed by atoms with Crippen LogP contribution in [0, 0.1) is 0 Å². The fraction of sp³-hybridized carbons (Fsp3) is 0.462. The van der Waals surface area contributed by atoms with E-state index in [9.17, 15) is 5.11 Å². The lowest BCUT2D eigenvalue weighted by Gasteiger charge is -2.20. The predicted octanol–water partition coefficient (Wildman–Crippen LogP) is 3.74. The third kappa shape index (κ3) is 1.89. The molecule has 17 heavy (non-hydrogen) atoms. The van der Waals surface area contributed by atoms with Crippen molar-refractivity contribution in [1.29, 1.82) is 0 Å². The summed E-state index contributed by atoms with van der Waals surface area (Å²) in [7, 11) is 0. The van der Waals surface area contributed by atoms with Crippen molar-refractivity contribution in [1.82, 2.24) is 9.38 Å². The van der Waals surface area contributed by atoms with Gasteiger partial charge in [0.2, 0.25) is 0 Å². The van der Waals surface area contributed by atoms with Gasteiger partial charge in [0.1, 0.15) is 11.6 Å². The number of hydrogen-bond donors (Lipinski definition) is 1. The maximum atomic E-state index is 9.47. The van der Waals surface area contributed by atoms with E-state index in [1.807, 2.05) is 10.6 Å². The molecule has 3 rings (SSSR count). The van der Waals surface area contributed by atoms with Crippen LogP contribution in [0.4, 0.5) is 0 Å². The Bertz CT molecular complexity index is 544. The fourth-order valence-electron chi connectivity index (χ4n) is 2.71. The maximum Gasteiger partial charge on any atom is 0.155 e. The molecule has 0 amide bonds. The van der Waals surface area contributed by atoms with Gasteiger partial charge in [0.15, 0.2) is 5.15 Å². The molecular weight excluding hydrogens is 236 g/mol. The van der Waals surface area contributed by atoms with Gasteiger partial charge in [0.25, 0.3) is 0 Å². The summed E-state index contributed by atoms with van der Waals surface area (Å²) in [5.41, 5.74) is 0.798. The Balaban J connectivity index is 2.10. The van der Waals surface area contributed by atoms with Crippen molar-refractivity contribution in [2.45, 2.75) is 38.0 Å². The first kappa shape index (κ1) is 10.9. The lowest BCUT2D eigenvalue weighted by Crippen LogP contribution is -2.08. The first-order valence-electron chi connectivity index (χ1n) is 6.12. The summed E-state index contributed by atoms with van der Waals surface area (Å²) in [6.45, 7) is 0. The Labute approximate surface area is 105 Å². The number of fused-ring (bicyclic) bond motifs is 1. The number of aromatic hydroxyl groups is 1. The highest BCUT2D eigenvalue weighted by Crippen LogP contribution is 2.34. The lowest BCUT2D eigenvalue weighted by atomic mass is 9.89. The molecule has 0 spiro atoms. The highest BCUT2D eigenvalue weighted by Gasteiger charge is 2.21. The summed E-state index contributed by atoms with van der Waals surface area (Å²) in [6.07, 6.45) is 8.11. The molecule has 0 bridgehead atoms. The molecule has 1 saturated carbocycles. The average Bonchev–Trinajstić information content (AvgIpc) is 2.68. The van der Waals surface area contributed by atoms with E-state index in [1.165, 1.54) is 32.1 Å². The minimum Gasteiger partial charge on any atom is -0.508 e. The minimum absolute atomic E-state index is 0.231. The fourth-order valence-corrected chi connectivity index (χ4v) is 2.94. The quantitative estimate of drug-likeness (QED) is 0.837. The summed E-state index contributed by atoms with van der Waals surface area (Å²) in [6, 6.07) is 3.35. The normalized spacial score (nSPS) is 17.7. The Morgan fingerprint density at radius 1 is 1.29 bits per heavy atom. The number of pyridine rings is 1. The molecule has 0 saturated heterocycles. The van der Waals surface area contributed by atoms with Crippen LogP contribution in [-0.2, 0) is 0 Å². The van der Waals surface area contributed by atoms with Crippen LogP contribution in [0.25, 0.3) is 5.52 Å². The molecule has 0 aromatic carbocycles. The highest BCUT2D eigenvalue weighted by atomic mass is 35.5. The molecule has 0 radical (unpaired) electrons. The molecular formula is C13H15ClN2O. The standard InChI is InChI=1S/C13H15ClN2O/c14-12-11-8-10(17)6-7-16(11)13(15-12)9-4-2-1-3-5-9/h6-9,17H,1-5H2. The predicted molar refractivity (Wildman–Crippen MR) is 67.7 cm³/mol. The van der Waals surface area contributed by atoms with Crippen molar-refractivity contribution < 1.29 is 5.11 Å². The number of nitrogens with zero attached hydrogens (tertiary/aromatic N) is 2. The second-order valence-corrected chi connectivity index (χ2v) is 5.09. The van der Waals surface area contributed by atoms with Crippen molar-refractivity contribution in [3.8, 4) is 5.75 Å². The zero-order chi connectivity index (χ0) is 11.8. The van der Waals surface area contributed by atoms with Gasteiger partial charge in [-0.1, -0.05) is 30.9 Å². The molecule has 1 aliphatic carbocycles. The monoisotopic (exact) mass is 250 g/mol. The van der Waals surface area contributed by atoms with Crippen molar-refractivity contribution in [3.63, 3.8) is 0 Å². The Morgan fingerprint density at radius 2 is 2.06 bits per heavy atom. The molecule has 1 fully saturated rings. The van der Waals surface area contributed by atoms with Gasteiger partial charge in [0.05, 0.1) is 5.52 Å². The maximum absolute atomic E-state index is 9.47. The van der Waals surface area contributed by atoms with E-state index in [1.54, 1.807) is 12.1 Å². The van der Waals surface area contributed by atoms with Crippen LogP contribution in [0.2, 0.25) is 5.15 Å². The van der Waals surface area contributed by atoms with E-state index in [4.69, 9.17) is 11.6 Å². The van der Waals surface area contributed by atoms with Crippen LogP contribution in [0.5, 0.6) is 5.75 Å². The number of aromatic nitrogens is 2. The second kappa shape index (κ2) is 4.22.